The highest BCUT2D eigenvalue weighted by atomic mass is 32.1. The minimum absolute atomic E-state index is 0.0780. The molecular weight excluding hydrogens is 446 g/mol. The number of hydrogen-bond donors (Lipinski definition) is 1. The van der Waals surface area contributed by atoms with Crippen LogP contribution in [0.4, 0.5) is 5.69 Å². The molecule has 1 N–H and O–H groups in total. The van der Waals surface area contributed by atoms with Crippen LogP contribution in [0, 0.1) is 0 Å². The zero-order chi connectivity index (χ0) is 23.5. The van der Waals surface area contributed by atoms with Crippen molar-refractivity contribution < 1.29 is 19.4 Å². The highest BCUT2D eigenvalue weighted by Gasteiger charge is 2.44. The van der Waals surface area contributed by atoms with Crippen molar-refractivity contribution in [1.29, 1.82) is 0 Å². The van der Waals surface area contributed by atoms with Crippen LogP contribution in [-0.2, 0) is 11.4 Å². The summed E-state index contributed by atoms with van der Waals surface area (Å²) in [4.78, 5) is 28.4. The van der Waals surface area contributed by atoms with Gasteiger partial charge in [0.05, 0.1) is 16.5 Å². The van der Waals surface area contributed by atoms with Gasteiger partial charge in [-0.1, -0.05) is 66.7 Å². The van der Waals surface area contributed by atoms with Crippen LogP contribution in [0.15, 0.2) is 114 Å². The fraction of sp³-hybridized carbons (Fsp3) is 0.0714. The van der Waals surface area contributed by atoms with Gasteiger partial charge in [-0.3, -0.25) is 14.5 Å². The Labute approximate surface area is 201 Å². The summed E-state index contributed by atoms with van der Waals surface area (Å²) in [6.45, 7) is 0.432. The van der Waals surface area contributed by atoms with E-state index in [1.807, 2.05) is 72.8 Å². The van der Waals surface area contributed by atoms with E-state index in [4.69, 9.17) is 4.74 Å². The Kier molecular flexibility index (Phi) is 5.97. The molecule has 1 aliphatic heterocycles. The summed E-state index contributed by atoms with van der Waals surface area (Å²) in [5, 5.41) is 12.6. The van der Waals surface area contributed by atoms with E-state index in [0.29, 0.717) is 28.5 Å². The summed E-state index contributed by atoms with van der Waals surface area (Å²) in [5.74, 6) is -0.798. The number of aliphatic hydroxyl groups is 1. The van der Waals surface area contributed by atoms with Gasteiger partial charge in [-0.25, -0.2) is 0 Å². The van der Waals surface area contributed by atoms with Crippen LogP contribution in [0.2, 0.25) is 0 Å². The van der Waals surface area contributed by atoms with Gasteiger partial charge in [0.1, 0.15) is 12.4 Å². The maximum atomic E-state index is 13.3. The molecule has 2 heterocycles. The molecular formula is C28H21NO4S. The second kappa shape index (κ2) is 9.37. The molecule has 3 aromatic carbocycles. The minimum atomic E-state index is -0.757. The van der Waals surface area contributed by atoms with Gasteiger partial charge < -0.3 is 9.84 Å². The molecule has 1 amide bonds. The van der Waals surface area contributed by atoms with Crippen LogP contribution < -0.4 is 9.64 Å². The highest BCUT2D eigenvalue weighted by Crippen LogP contribution is 2.42. The number of carbonyl (C=O) groups is 2. The molecule has 168 valence electrons. The molecule has 5 nitrogen and oxygen atoms in total. The Bertz CT molecular complexity index is 1330. The second-order valence-corrected chi connectivity index (χ2v) is 8.77. The lowest BCUT2D eigenvalue weighted by Gasteiger charge is -2.27. The van der Waals surface area contributed by atoms with E-state index >= 15 is 0 Å². The molecule has 0 radical (unpaired) electrons. The first-order valence-corrected chi connectivity index (χ1v) is 11.7. The lowest BCUT2D eigenvalue weighted by atomic mass is 9.95. The van der Waals surface area contributed by atoms with E-state index in [-0.39, 0.29) is 11.4 Å². The van der Waals surface area contributed by atoms with Crippen LogP contribution in [0.3, 0.4) is 0 Å². The van der Waals surface area contributed by atoms with Crippen LogP contribution in [0.5, 0.6) is 5.75 Å². The summed E-state index contributed by atoms with van der Waals surface area (Å²) in [6.07, 6.45) is 0. The predicted molar refractivity (Wildman–Crippen MR) is 132 cm³/mol. The molecule has 6 heteroatoms. The number of ether oxygens (including phenoxy) is 1. The number of nitrogens with zero attached hydrogens (tertiary/aromatic N) is 1. The number of hydrogen-bond acceptors (Lipinski definition) is 5. The standard InChI is InChI=1S/C28H21NO4S/c30-26(23-12-7-17-34-23)24-25(29(28(32)27(24)31)21-10-5-2-6-11-21)20-13-15-22(16-14-20)33-18-19-8-3-1-4-9-19/h1-17,25,31H,18H2. The highest BCUT2D eigenvalue weighted by molar-refractivity contribution is 7.12. The largest absolute Gasteiger partial charge is 0.503 e. The summed E-state index contributed by atoms with van der Waals surface area (Å²) < 4.78 is 5.89. The number of anilines is 1. The average Bonchev–Trinajstić information content (AvgIpc) is 3.51. The summed E-state index contributed by atoms with van der Waals surface area (Å²) in [6, 6.07) is 28.9. The van der Waals surface area contributed by atoms with Crippen LogP contribution in [0.25, 0.3) is 0 Å². The molecule has 1 unspecified atom stereocenters. The molecule has 4 aromatic rings. The molecule has 34 heavy (non-hydrogen) atoms. The number of para-hydroxylation sites is 1. The first-order valence-electron chi connectivity index (χ1n) is 10.8. The van der Waals surface area contributed by atoms with Crippen LogP contribution in [0.1, 0.15) is 26.8 Å². The molecule has 0 saturated carbocycles. The molecule has 0 fully saturated rings. The Hall–Kier alpha value is -4.16. The zero-order valence-corrected chi connectivity index (χ0v) is 18.9. The first kappa shape index (κ1) is 21.7. The van der Waals surface area contributed by atoms with Crippen molar-refractivity contribution in [3.8, 4) is 5.75 Å². The molecule has 1 aromatic heterocycles. The Balaban J connectivity index is 1.49. The van der Waals surface area contributed by atoms with Crippen molar-refractivity contribution in [3.63, 3.8) is 0 Å². The van der Waals surface area contributed by atoms with Gasteiger partial charge in [-0.2, -0.15) is 0 Å². The van der Waals surface area contributed by atoms with Gasteiger partial charge in [-0.15, -0.1) is 11.3 Å². The summed E-state index contributed by atoms with van der Waals surface area (Å²) in [5.41, 5.74) is 2.44. The van der Waals surface area contributed by atoms with Gasteiger partial charge in [0, 0.05) is 5.69 Å². The van der Waals surface area contributed by atoms with Crippen molar-refractivity contribution >= 4 is 28.7 Å². The molecule has 0 aliphatic carbocycles. The van der Waals surface area contributed by atoms with E-state index in [1.165, 1.54) is 16.2 Å². The van der Waals surface area contributed by atoms with E-state index in [1.54, 1.807) is 29.6 Å². The van der Waals surface area contributed by atoms with Gasteiger partial charge in [0.15, 0.2) is 5.76 Å². The second-order valence-electron chi connectivity index (χ2n) is 7.83. The fourth-order valence-electron chi connectivity index (χ4n) is 4.04. The predicted octanol–water partition coefficient (Wildman–Crippen LogP) is 6.11. The number of ketones is 1. The van der Waals surface area contributed by atoms with Crippen LogP contribution in [-0.4, -0.2) is 16.8 Å². The van der Waals surface area contributed by atoms with E-state index in [0.717, 1.165) is 5.56 Å². The normalized spacial score (nSPS) is 15.6. The molecule has 1 aliphatic rings. The number of benzene rings is 3. The minimum Gasteiger partial charge on any atom is -0.503 e. The lowest BCUT2D eigenvalue weighted by Crippen LogP contribution is -2.30. The fourth-order valence-corrected chi connectivity index (χ4v) is 4.71. The van der Waals surface area contributed by atoms with E-state index in [9.17, 15) is 14.7 Å². The van der Waals surface area contributed by atoms with Crippen molar-refractivity contribution in [1.82, 2.24) is 0 Å². The maximum absolute atomic E-state index is 13.3. The quantitative estimate of drug-likeness (QED) is 0.333. The topological polar surface area (TPSA) is 66.8 Å². The molecule has 5 rings (SSSR count). The van der Waals surface area contributed by atoms with Crippen molar-refractivity contribution in [2.45, 2.75) is 12.6 Å². The average molecular weight is 468 g/mol. The number of carbonyl (C=O) groups excluding carboxylic acids is 2. The van der Waals surface area contributed by atoms with Gasteiger partial charge in [0.25, 0.3) is 5.91 Å². The van der Waals surface area contributed by atoms with Gasteiger partial charge in [-0.05, 0) is 46.8 Å². The number of aliphatic hydroxyl groups excluding tert-OH is 1. The van der Waals surface area contributed by atoms with Gasteiger partial charge >= 0.3 is 0 Å². The molecule has 1 atom stereocenters. The maximum Gasteiger partial charge on any atom is 0.294 e. The van der Waals surface area contributed by atoms with Crippen molar-refractivity contribution in [2.24, 2.45) is 0 Å². The summed E-state index contributed by atoms with van der Waals surface area (Å²) >= 11 is 1.28. The Morgan fingerprint density at radius 2 is 1.56 bits per heavy atom. The number of Topliss-reactive ketones (excluding diaryl/α,β-unsaturated/α-hetero) is 1. The molecule has 0 bridgehead atoms. The zero-order valence-electron chi connectivity index (χ0n) is 18.1. The number of amides is 1. The van der Waals surface area contributed by atoms with Crippen molar-refractivity contribution in [2.75, 3.05) is 4.90 Å². The third-order valence-corrected chi connectivity index (χ3v) is 6.54. The van der Waals surface area contributed by atoms with Crippen molar-refractivity contribution in [3.05, 3.63) is 130 Å². The third kappa shape index (κ3) is 4.11. The van der Waals surface area contributed by atoms with Gasteiger partial charge in [0.2, 0.25) is 5.78 Å². The first-order chi connectivity index (χ1) is 16.6. The monoisotopic (exact) mass is 467 g/mol. The molecule has 0 saturated heterocycles. The van der Waals surface area contributed by atoms with Crippen LogP contribution >= 0.6 is 11.3 Å². The molecule has 0 spiro atoms. The SMILES string of the molecule is O=C(C1=C(O)C(=O)N(c2ccccc2)C1c1ccc(OCc2ccccc2)cc1)c1cccs1. The van der Waals surface area contributed by atoms with E-state index in [2.05, 4.69) is 0 Å². The smallest absolute Gasteiger partial charge is 0.294 e. The Morgan fingerprint density at radius 1 is 0.882 bits per heavy atom. The summed E-state index contributed by atoms with van der Waals surface area (Å²) in [7, 11) is 0. The third-order valence-electron chi connectivity index (χ3n) is 5.68. The Morgan fingerprint density at radius 3 is 2.21 bits per heavy atom. The lowest BCUT2D eigenvalue weighted by molar-refractivity contribution is -0.117. The number of thiophene rings is 1. The number of rotatable bonds is 7. The van der Waals surface area contributed by atoms with E-state index < -0.39 is 17.7 Å².